The molecule has 2 amide bonds. The van der Waals surface area contributed by atoms with Crippen LogP contribution in [0.1, 0.15) is 27.2 Å². The summed E-state index contributed by atoms with van der Waals surface area (Å²) in [4.78, 5) is 25.3. The summed E-state index contributed by atoms with van der Waals surface area (Å²) >= 11 is 0. The number of nitrogens with zero attached hydrogens (tertiary/aromatic N) is 1. The van der Waals surface area contributed by atoms with Crippen molar-refractivity contribution in [3.8, 4) is 11.5 Å². The molecule has 1 atom stereocenters. The summed E-state index contributed by atoms with van der Waals surface area (Å²) in [6.45, 7) is 5.40. The second kappa shape index (κ2) is 8.26. The highest BCUT2D eigenvalue weighted by molar-refractivity contribution is 5.94. The van der Waals surface area contributed by atoms with Crippen LogP contribution in [0.4, 0.5) is 5.69 Å². The van der Waals surface area contributed by atoms with Gasteiger partial charge < -0.3 is 19.7 Å². The van der Waals surface area contributed by atoms with Crippen LogP contribution in [0.3, 0.4) is 0 Å². The molecule has 6 nitrogen and oxygen atoms in total. The Morgan fingerprint density at radius 2 is 1.86 bits per heavy atom. The number of carbonyl (C=O) groups is 2. The van der Waals surface area contributed by atoms with E-state index in [1.54, 1.807) is 30.2 Å². The van der Waals surface area contributed by atoms with Crippen molar-refractivity contribution in [2.45, 2.75) is 33.2 Å². The van der Waals surface area contributed by atoms with E-state index in [1.807, 2.05) is 13.8 Å². The summed E-state index contributed by atoms with van der Waals surface area (Å²) < 4.78 is 10.3. The van der Waals surface area contributed by atoms with Gasteiger partial charge in [0.2, 0.25) is 11.8 Å². The Labute approximate surface area is 131 Å². The third-order valence-electron chi connectivity index (χ3n) is 3.51. The predicted molar refractivity (Wildman–Crippen MR) is 85.3 cm³/mol. The largest absolute Gasteiger partial charge is 0.493 e. The molecule has 0 aliphatic heterocycles. The number of hydrogen-bond acceptors (Lipinski definition) is 4. The molecule has 0 spiro atoms. The second-order valence-electron chi connectivity index (χ2n) is 5.02. The van der Waals surface area contributed by atoms with E-state index < -0.39 is 0 Å². The van der Waals surface area contributed by atoms with Crippen LogP contribution < -0.4 is 14.8 Å². The maximum absolute atomic E-state index is 12.1. The molecule has 1 unspecified atom stereocenters. The van der Waals surface area contributed by atoms with E-state index in [-0.39, 0.29) is 24.4 Å². The summed E-state index contributed by atoms with van der Waals surface area (Å²) in [5, 5.41) is 2.76. The van der Waals surface area contributed by atoms with Gasteiger partial charge in [0.1, 0.15) is 6.54 Å². The molecule has 0 heterocycles. The van der Waals surface area contributed by atoms with Crippen LogP contribution in [0.15, 0.2) is 18.2 Å². The number of amides is 2. The molecule has 0 aromatic heterocycles. The molecule has 6 heteroatoms. The first-order valence-corrected chi connectivity index (χ1v) is 7.22. The lowest BCUT2D eigenvalue weighted by Crippen LogP contribution is -2.42. The van der Waals surface area contributed by atoms with Crippen LogP contribution in [-0.4, -0.2) is 43.5 Å². The minimum absolute atomic E-state index is 0.0219. The number of nitrogens with one attached hydrogen (secondary N) is 1. The first-order chi connectivity index (χ1) is 10.4. The molecule has 1 aromatic carbocycles. The highest BCUT2D eigenvalue weighted by Crippen LogP contribution is 2.29. The Hall–Kier alpha value is -2.24. The minimum atomic E-state index is -0.247. The third-order valence-corrected chi connectivity index (χ3v) is 3.51. The van der Waals surface area contributed by atoms with Gasteiger partial charge in [-0.3, -0.25) is 9.59 Å². The first-order valence-electron chi connectivity index (χ1n) is 7.22. The topological polar surface area (TPSA) is 67.9 Å². The summed E-state index contributed by atoms with van der Waals surface area (Å²) in [7, 11) is 3.08. The van der Waals surface area contributed by atoms with E-state index in [2.05, 4.69) is 5.32 Å². The molecule has 122 valence electrons. The molecule has 0 aliphatic carbocycles. The maximum Gasteiger partial charge on any atom is 0.244 e. The molecule has 0 fully saturated rings. The van der Waals surface area contributed by atoms with E-state index >= 15 is 0 Å². The van der Waals surface area contributed by atoms with Gasteiger partial charge in [-0.25, -0.2) is 0 Å². The molecule has 0 saturated carbocycles. The number of rotatable bonds is 7. The Morgan fingerprint density at radius 1 is 1.23 bits per heavy atom. The quantitative estimate of drug-likeness (QED) is 0.839. The molecule has 1 N–H and O–H groups in total. The highest BCUT2D eigenvalue weighted by atomic mass is 16.5. The average molecular weight is 308 g/mol. The fraction of sp³-hybridized carbons (Fsp3) is 0.500. The molecular weight excluding hydrogens is 284 g/mol. The van der Waals surface area contributed by atoms with Crippen molar-refractivity contribution in [1.29, 1.82) is 0 Å². The van der Waals surface area contributed by atoms with Gasteiger partial charge in [-0.1, -0.05) is 6.92 Å². The average Bonchev–Trinajstić information content (AvgIpc) is 2.51. The number of methoxy groups -OCH3 is 2. The van der Waals surface area contributed by atoms with Gasteiger partial charge in [0.25, 0.3) is 0 Å². The van der Waals surface area contributed by atoms with Crippen LogP contribution in [0.2, 0.25) is 0 Å². The monoisotopic (exact) mass is 308 g/mol. The number of benzene rings is 1. The lowest BCUT2D eigenvalue weighted by atomic mass is 10.2. The van der Waals surface area contributed by atoms with Crippen molar-refractivity contribution in [1.82, 2.24) is 4.90 Å². The van der Waals surface area contributed by atoms with Crippen LogP contribution >= 0.6 is 0 Å². The summed E-state index contributed by atoms with van der Waals surface area (Å²) in [6.07, 6.45) is 0.795. The smallest absolute Gasteiger partial charge is 0.244 e. The number of ether oxygens (including phenoxy) is 2. The lowest BCUT2D eigenvalue weighted by molar-refractivity contribution is -0.134. The molecule has 1 rings (SSSR count). The summed E-state index contributed by atoms with van der Waals surface area (Å²) in [6, 6.07) is 5.14. The van der Waals surface area contributed by atoms with Gasteiger partial charge in [0.15, 0.2) is 11.5 Å². The van der Waals surface area contributed by atoms with Crippen LogP contribution in [-0.2, 0) is 9.59 Å². The Bertz CT molecular complexity index is 531. The molecule has 0 bridgehead atoms. The summed E-state index contributed by atoms with van der Waals surface area (Å²) in [5.41, 5.74) is 0.593. The van der Waals surface area contributed by atoms with Gasteiger partial charge in [-0.2, -0.15) is 0 Å². The zero-order valence-corrected chi connectivity index (χ0v) is 13.8. The fourth-order valence-corrected chi connectivity index (χ4v) is 2.07. The zero-order valence-electron chi connectivity index (χ0n) is 13.8. The normalized spacial score (nSPS) is 11.5. The Kier molecular flexibility index (Phi) is 6.69. The van der Waals surface area contributed by atoms with Crippen molar-refractivity contribution in [3.63, 3.8) is 0 Å². The lowest BCUT2D eigenvalue weighted by Gasteiger charge is -2.26. The molecule has 0 aliphatic rings. The SMILES string of the molecule is CCC(C)N(CC(=O)Nc1ccc(OC)c(OC)c1)C(C)=O. The third kappa shape index (κ3) is 4.65. The Morgan fingerprint density at radius 3 is 2.36 bits per heavy atom. The van der Waals surface area contributed by atoms with Gasteiger partial charge in [0.05, 0.1) is 14.2 Å². The van der Waals surface area contributed by atoms with Crippen molar-refractivity contribution in [2.24, 2.45) is 0 Å². The van der Waals surface area contributed by atoms with E-state index in [4.69, 9.17) is 9.47 Å². The van der Waals surface area contributed by atoms with E-state index in [9.17, 15) is 9.59 Å². The van der Waals surface area contributed by atoms with Crippen molar-refractivity contribution < 1.29 is 19.1 Å². The van der Waals surface area contributed by atoms with Crippen molar-refractivity contribution in [2.75, 3.05) is 26.1 Å². The van der Waals surface area contributed by atoms with Gasteiger partial charge in [0, 0.05) is 24.7 Å². The molecular formula is C16H24N2O4. The van der Waals surface area contributed by atoms with Crippen molar-refractivity contribution in [3.05, 3.63) is 18.2 Å². The zero-order chi connectivity index (χ0) is 16.7. The number of hydrogen-bond donors (Lipinski definition) is 1. The number of carbonyl (C=O) groups excluding carboxylic acids is 2. The number of anilines is 1. The van der Waals surface area contributed by atoms with Gasteiger partial charge in [-0.15, -0.1) is 0 Å². The molecule has 0 radical (unpaired) electrons. The van der Waals surface area contributed by atoms with Crippen LogP contribution in [0.25, 0.3) is 0 Å². The van der Waals surface area contributed by atoms with E-state index in [1.165, 1.54) is 14.0 Å². The fourth-order valence-electron chi connectivity index (χ4n) is 2.07. The first kappa shape index (κ1) is 17.8. The maximum atomic E-state index is 12.1. The molecule has 0 saturated heterocycles. The Balaban J connectivity index is 2.77. The van der Waals surface area contributed by atoms with Gasteiger partial charge in [-0.05, 0) is 25.5 Å². The standard InChI is InChI=1S/C16H24N2O4/c1-6-11(2)18(12(3)19)10-16(20)17-13-7-8-14(21-4)15(9-13)22-5/h7-9,11H,6,10H2,1-5H3,(H,17,20). The van der Waals surface area contributed by atoms with Gasteiger partial charge >= 0.3 is 0 Å². The van der Waals surface area contributed by atoms with Crippen LogP contribution in [0.5, 0.6) is 11.5 Å². The van der Waals surface area contributed by atoms with Crippen molar-refractivity contribution >= 4 is 17.5 Å². The highest BCUT2D eigenvalue weighted by Gasteiger charge is 2.18. The minimum Gasteiger partial charge on any atom is -0.493 e. The molecule has 1 aromatic rings. The van der Waals surface area contributed by atoms with Crippen LogP contribution in [0, 0.1) is 0 Å². The van der Waals surface area contributed by atoms with E-state index in [0.717, 1.165) is 6.42 Å². The predicted octanol–water partition coefficient (Wildman–Crippen LogP) is 2.29. The van der Waals surface area contributed by atoms with E-state index in [0.29, 0.717) is 17.2 Å². The second-order valence-corrected chi connectivity index (χ2v) is 5.02. The molecule has 22 heavy (non-hydrogen) atoms. The summed E-state index contributed by atoms with van der Waals surface area (Å²) in [5.74, 6) is 0.760.